The Morgan fingerprint density at radius 1 is 1.64 bits per heavy atom. The molecule has 0 aliphatic carbocycles. The number of likely N-dealkylation sites (tertiary alicyclic amines) is 1. The summed E-state index contributed by atoms with van der Waals surface area (Å²) in [6, 6.07) is 0. The van der Waals surface area contributed by atoms with Crippen molar-refractivity contribution in [3.05, 3.63) is 0 Å². The van der Waals surface area contributed by atoms with E-state index in [0.29, 0.717) is 11.4 Å². The fourth-order valence-electron chi connectivity index (χ4n) is 1.41. The zero-order valence-corrected chi connectivity index (χ0v) is 8.48. The van der Waals surface area contributed by atoms with E-state index >= 15 is 0 Å². The predicted molar refractivity (Wildman–Crippen MR) is 48.9 cm³/mol. The normalized spacial score (nSPS) is 34.1. The number of piperidine rings is 1. The van der Waals surface area contributed by atoms with Crippen LogP contribution < -0.4 is 0 Å². The van der Waals surface area contributed by atoms with E-state index in [0.717, 1.165) is 19.0 Å². The highest BCUT2D eigenvalue weighted by atomic mass is 79.9. The number of halogens is 2. The van der Waals surface area contributed by atoms with E-state index in [2.05, 4.69) is 27.8 Å². The van der Waals surface area contributed by atoms with Gasteiger partial charge in [0.25, 0.3) is 0 Å². The molecular weight excluding hydrogens is 209 g/mol. The van der Waals surface area contributed by atoms with Gasteiger partial charge in [0.15, 0.2) is 0 Å². The van der Waals surface area contributed by atoms with Crippen LogP contribution in [0.1, 0.15) is 13.3 Å². The maximum absolute atomic E-state index is 11.9. The van der Waals surface area contributed by atoms with Gasteiger partial charge in [0.2, 0.25) is 0 Å². The Hall–Kier alpha value is 0.370. The Morgan fingerprint density at radius 2 is 2.36 bits per heavy atom. The SMILES string of the molecule is CC1CCN(CCF)CC1Br. The molecular formula is C8H15BrFN. The lowest BCUT2D eigenvalue weighted by Crippen LogP contribution is -2.40. The van der Waals surface area contributed by atoms with Crippen LogP contribution in [-0.2, 0) is 0 Å². The molecule has 0 radical (unpaired) electrons. The Morgan fingerprint density at radius 3 is 2.91 bits per heavy atom. The fourth-order valence-corrected chi connectivity index (χ4v) is 2.08. The first kappa shape index (κ1) is 9.46. The maximum atomic E-state index is 11.9. The number of nitrogens with zero attached hydrogens (tertiary/aromatic N) is 1. The van der Waals surface area contributed by atoms with Gasteiger partial charge in [0.1, 0.15) is 6.67 Å². The lowest BCUT2D eigenvalue weighted by Gasteiger charge is -2.33. The van der Waals surface area contributed by atoms with Gasteiger partial charge in [-0.3, -0.25) is 4.90 Å². The highest BCUT2D eigenvalue weighted by Gasteiger charge is 2.23. The average Bonchev–Trinajstić information content (AvgIpc) is 1.98. The van der Waals surface area contributed by atoms with Crippen LogP contribution in [0.25, 0.3) is 0 Å². The van der Waals surface area contributed by atoms with Crippen molar-refractivity contribution in [3.63, 3.8) is 0 Å². The summed E-state index contributed by atoms with van der Waals surface area (Å²) in [6.07, 6.45) is 1.19. The molecule has 0 N–H and O–H groups in total. The minimum Gasteiger partial charge on any atom is -0.300 e. The quantitative estimate of drug-likeness (QED) is 0.649. The zero-order chi connectivity index (χ0) is 8.27. The molecule has 1 heterocycles. The van der Waals surface area contributed by atoms with Gasteiger partial charge >= 0.3 is 0 Å². The second kappa shape index (κ2) is 4.41. The molecule has 0 bridgehead atoms. The molecule has 0 amide bonds. The molecule has 1 aliphatic rings. The van der Waals surface area contributed by atoms with Crippen molar-refractivity contribution in [3.8, 4) is 0 Å². The van der Waals surface area contributed by atoms with E-state index in [1.54, 1.807) is 0 Å². The number of rotatable bonds is 2. The van der Waals surface area contributed by atoms with Gasteiger partial charge in [0.05, 0.1) is 0 Å². The van der Waals surface area contributed by atoms with Crippen molar-refractivity contribution in [2.75, 3.05) is 26.3 Å². The van der Waals surface area contributed by atoms with Gasteiger partial charge < -0.3 is 0 Å². The van der Waals surface area contributed by atoms with E-state index in [-0.39, 0.29) is 6.67 Å². The van der Waals surface area contributed by atoms with Crippen molar-refractivity contribution < 1.29 is 4.39 Å². The van der Waals surface area contributed by atoms with Crippen molar-refractivity contribution in [2.24, 2.45) is 5.92 Å². The minimum atomic E-state index is -0.214. The topological polar surface area (TPSA) is 3.24 Å². The number of alkyl halides is 2. The summed E-state index contributed by atoms with van der Waals surface area (Å²) in [5.74, 6) is 0.742. The molecule has 1 fully saturated rings. The lowest BCUT2D eigenvalue weighted by atomic mass is 9.99. The Kier molecular flexibility index (Phi) is 3.79. The monoisotopic (exact) mass is 223 g/mol. The summed E-state index contributed by atoms with van der Waals surface area (Å²) in [6.45, 7) is 4.70. The fraction of sp³-hybridized carbons (Fsp3) is 1.00. The van der Waals surface area contributed by atoms with Crippen LogP contribution in [0.15, 0.2) is 0 Å². The predicted octanol–water partition coefficient (Wildman–Crippen LogP) is 2.06. The summed E-state index contributed by atoms with van der Waals surface area (Å²) < 4.78 is 11.9. The van der Waals surface area contributed by atoms with Crippen LogP contribution in [0, 0.1) is 5.92 Å². The lowest BCUT2D eigenvalue weighted by molar-refractivity contribution is 0.187. The molecule has 1 aliphatic heterocycles. The first-order chi connectivity index (χ1) is 5.24. The van der Waals surface area contributed by atoms with Gasteiger partial charge in [-0.05, 0) is 18.9 Å². The van der Waals surface area contributed by atoms with Gasteiger partial charge in [-0.15, -0.1) is 0 Å². The summed E-state index contributed by atoms with van der Waals surface area (Å²) in [5.41, 5.74) is 0. The van der Waals surface area contributed by atoms with E-state index in [4.69, 9.17) is 0 Å². The van der Waals surface area contributed by atoms with Crippen molar-refractivity contribution >= 4 is 15.9 Å². The van der Waals surface area contributed by atoms with E-state index < -0.39 is 0 Å². The molecule has 66 valence electrons. The molecule has 1 rings (SSSR count). The molecule has 0 aromatic rings. The van der Waals surface area contributed by atoms with Crippen LogP contribution in [0.5, 0.6) is 0 Å². The summed E-state index contributed by atoms with van der Waals surface area (Å²) in [4.78, 5) is 2.74. The first-order valence-electron chi connectivity index (χ1n) is 4.16. The van der Waals surface area contributed by atoms with Crippen molar-refractivity contribution in [1.29, 1.82) is 0 Å². The van der Waals surface area contributed by atoms with E-state index in [9.17, 15) is 4.39 Å². The third-order valence-electron chi connectivity index (χ3n) is 2.35. The smallest absolute Gasteiger partial charge is 0.102 e. The van der Waals surface area contributed by atoms with Gasteiger partial charge in [-0.25, -0.2) is 4.39 Å². The Bertz CT molecular complexity index is 121. The molecule has 1 saturated heterocycles. The minimum absolute atomic E-state index is 0.214. The maximum Gasteiger partial charge on any atom is 0.102 e. The molecule has 2 atom stereocenters. The van der Waals surface area contributed by atoms with Crippen LogP contribution in [0.2, 0.25) is 0 Å². The Balaban J connectivity index is 2.28. The second-order valence-electron chi connectivity index (χ2n) is 3.27. The molecule has 0 saturated carbocycles. The molecule has 1 nitrogen and oxygen atoms in total. The summed E-state index contributed by atoms with van der Waals surface area (Å²) in [7, 11) is 0. The summed E-state index contributed by atoms with van der Waals surface area (Å²) in [5, 5.41) is 0. The first-order valence-corrected chi connectivity index (χ1v) is 5.08. The second-order valence-corrected chi connectivity index (χ2v) is 4.45. The van der Waals surface area contributed by atoms with Crippen molar-refractivity contribution in [1.82, 2.24) is 4.90 Å². The molecule has 2 unspecified atom stereocenters. The highest BCUT2D eigenvalue weighted by Crippen LogP contribution is 2.22. The number of hydrogen-bond donors (Lipinski definition) is 0. The number of hydrogen-bond acceptors (Lipinski definition) is 1. The van der Waals surface area contributed by atoms with Crippen molar-refractivity contribution in [2.45, 2.75) is 18.2 Å². The third kappa shape index (κ3) is 2.71. The molecule has 3 heteroatoms. The molecule has 11 heavy (non-hydrogen) atoms. The Labute approximate surface area is 76.1 Å². The van der Waals surface area contributed by atoms with Crippen LogP contribution in [0.4, 0.5) is 4.39 Å². The highest BCUT2D eigenvalue weighted by molar-refractivity contribution is 9.09. The third-order valence-corrected chi connectivity index (χ3v) is 3.54. The summed E-state index contributed by atoms with van der Waals surface area (Å²) >= 11 is 3.60. The molecule has 0 aromatic heterocycles. The van der Waals surface area contributed by atoms with Gasteiger partial charge in [-0.1, -0.05) is 22.9 Å². The van der Waals surface area contributed by atoms with Crippen LogP contribution in [0.3, 0.4) is 0 Å². The molecule has 0 aromatic carbocycles. The van der Waals surface area contributed by atoms with E-state index in [1.165, 1.54) is 6.42 Å². The standard InChI is InChI=1S/C8H15BrFN/c1-7-2-4-11(5-3-10)6-8(7)9/h7-8H,2-6H2,1H3. The van der Waals surface area contributed by atoms with Gasteiger partial charge in [-0.2, -0.15) is 0 Å². The zero-order valence-electron chi connectivity index (χ0n) is 6.89. The van der Waals surface area contributed by atoms with E-state index in [1.807, 2.05) is 0 Å². The van der Waals surface area contributed by atoms with Crippen LogP contribution >= 0.6 is 15.9 Å². The largest absolute Gasteiger partial charge is 0.300 e. The van der Waals surface area contributed by atoms with Crippen LogP contribution in [-0.4, -0.2) is 36.0 Å². The molecule has 0 spiro atoms. The van der Waals surface area contributed by atoms with Gasteiger partial charge in [0, 0.05) is 17.9 Å². The average molecular weight is 224 g/mol.